The number of carbonyl (C=O) groups is 1. The molecule has 0 spiro atoms. The highest BCUT2D eigenvalue weighted by atomic mass is 19.3. The van der Waals surface area contributed by atoms with Gasteiger partial charge in [-0.15, -0.1) is 0 Å². The van der Waals surface area contributed by atoms with Crippen LogP contribution in [0, 0.1) is 0 Å². The number of anilines is 3. The number of pyridine rings is 1. The number of rotatable bonds is 7. The number of benzene rings is 2. The van der Waals surface area contributed by atoms with Crippen LogP contribution in [0.5, 0.6) is 17.5 Å². The van der Waals surface area contributed by atoms with E-state index in [2.05, 4.69) is 10.1 Å². The second-order valence-electron chi connectivity index (χ2n) is 7.97. The quantitative estimate of drug-likeness (QED) is 0.360. The highest BCUT2D eigenvalue weighted by molar-refractivity contribution is 6.11. The molecule has 1 aliphatic heterocycles. The SMILES string of the molecule is [2H]C([2H])([2H])Oc1ccc(N2C(=O)N(c3ccc4nn(C)c(OC)c4c3)Cc3ccc(OCC(F)F)nc32)cc1. The van der Waals surface area contributed by atoms with Gasteiger partial charge in [0.1, 0.15) is 11.6 Å². The number of urea groups is 1. The summed E-state index contributed by atoms with van der Waals surface area (Å²) in [5.41, 5.74) is 2.23. The van der Waals surface area contributed by atoms with Gasteiger partial charge >= 0.3 is 6.03 Å². The van der Waals surface area contributed by atoms with Crippen molar-refractivity contribution in [3.8, 4) is 17.5 Å². The van der Waals surface area contributed by atoms with E-state index in [1.165, 1.54) is 47.2 Å². The van der Waals surface area contributed by atoms with Crippen molar-refractivity contribution >= 4 is 34.1 Å². The number of nitrogens with zero attached hydrogens (tertiary/aromatic N) is 5. The van der Waals surface area contributed by atoms with Crippen LogP contribution in [0.15, 0.2) is 54.6 Å². The Balaban J connectivity index is 1.57. The Hall–Kier alpha value is -4.41. The fourth-order valence-corrected chi connectivity index (χ4v) is 4.13. The van der Waals surface area contributed by atoms with Crippen LogP contribution in [0.25, 0.3) is 10.9 Å². The number of fused-ring (bicyclic) bond motifs is 2. The fourth-order valence-electron chi connectivity index (χ4n) is 4.13. The third-order valence-electron chi connectivity index (χ3n) is 5.73. The summed E-state index contributed by atoms with van der Waals surface area (Å²) < 4.78 is 64.5. The maximum atomic E-state index is 14.0. The van der Waals surface area contributed by atoms with E-state index in [1.807, 2.05) is 0 Å². The summed E-state index contributed by atoms with van der Waals surface area (Å²) in [7, 11) is 0.643. The van der Waals surface area contributed by atoms with Gasteiger partial charge in [0.05, 0.1) is 41.4 Å². The third kappa shape index (κ3) is 4.12. The molecule has 36 heavy (non-hydrogen) atoms. The molecular formula is C25H23F2N5O4. The first kappa shape index (κ1) is 19.8. The Morgan fingerprint density at radius 3 is 2.58 bits per heavy atom. The monoisotopic (exact) mass is 498 g/mol. The average molecular weight is 499 g/mol. The van der Waals surface area contributed by atoms with Crippen molar-refractivity contribution in [2.75, 3.05) is 30.6 Å². The van der Waals surface area contributed by atoms with Crippen molar-refractivity contribution in [2.24, 2.45) is 7.05 Å². The molecule has 0 fully saturated rings. The molecule has 4 aromatic rings. The number of hydrogen-bond acceptors (Lipinski definition) is 6. The van der Waals surface area contributed by atoms with E-state index < -0.39 is 26.1 Å². The molecule has 0 saturated carbocycles. The van der Waals surface area contributed by atoms with Gasteiger partial charge in [-0.25, -0.2) is 23.2 Å². The minimum Gasteiger partial charge on any atom is -0.497 e. The van der Waals surface area contributed by atoms with Gasteiger partial charge in [-0.3, -0.25) is 4.90 Å². The number of aromatic nitrogens is 3. The Kier molecular flexibility index (Phi) is 5.14. The molecule has 3 heterocycles. The molecule has 5 rings (SSSR count). The molecule has 0 radical (unpaired) electrons. The number of alkyl halides is 2. The highest BCUT2D eigenvalue weighted by Crippen LogP contribution is 2.38. The van der Waals surface area contributed by atoms with E-state index in [-0.39, 0.29) is 24.0 Å². The minimum atomic E-state index is -2.69. The predicted molar refractivity (Wildman–Crippen MR) is 130 cm³/mol. The first-order valence-corrected chi connectivity index (χ1v) is 10.9. The van der Waals surface area contributed by atoms with Crippen LogP contribution in [0.4, 0.5) is 30.8 Å². The normalized spacial score (nSPS) is 14.9. The molecule has 9 nitrogen and oxygen atoms in total. The lowest BCUT2D eigenvalue weighted by atomic mass is 10.1. The van der Waals surface area contributed by atoms with Gasteiger partial charge in [-0.1, -0.05) is 0 Å². The zero-order valence-corrected chi connectivity index (χ0v) is 19.3. The number of carbonyl (C=O) groups excluding carboxylic acids is 1. The van der Waals surface area contributed by atoms with Gasteiger partial charge in [-0.05, 0) is 48.5 Å². The van der Waals surface area contributed by atoms with E-state index in [0.29, 0.717) is 33.7 Å². The summed E-state index contributed by atoms with van der Waals surface area (Å²) in [6, 6.07) is 13.8. The smallest absolute Gasteiger partial charge is 0.335 e. The van der Waals surface area contributed by atoms with Crippen LogP contribution < -0.4 is 24.0 Å². The molecule has 2 aromatic heterocycles. The molecule has 0 saturated heterocycles. The molecule has 186 valence electrons. The lowest BCUT2D eigenvalue weighted by molar-refractivity contribution is 0.0796. The zero-order chi connectivity index (χ0) is 27.9. The second-order valence-corrected chi connectivity index (χ2v) is 7.97. The van der Waals surface area contributed by atoms with Gasteiger partial charge in [0.2, 0.25) is 11.8 Å². The Labute approximate surface area is 209 Å². The summed E-state index contributed by atoms with van der Waals surface area (Å²) >= 11 is 0. The van der Waals surface area contributed by atoms with Gasteiger partial charge in [-0.2, -0.15) is 10.1 Å². The number of ether oxygens (including phenoxy) is 3. The van der Waals surface area contributed by atoms with Crippen molar-refractivity contribution in [2.45, 2.75) is 13.0 Å². The molecule has 11 heteroatoms. The van der Waals surface area contributed by atoms with Crippen molar-refractivity contribution in [1.82, 2.24) is 14.8 Å². The lowest BCUT2D eigenvalue weighted by Crippen LogP contribution is -2.45. The van der Waals surface area contributed by atoms with Gasteiger partial charge < -0.3 is 14.2 Å². The molecular weight excluding hydrogens is 472 g/mol. The van der Waals surface area contributed by atoms with Crippen molar-refractivity contribution in [3.05, 3.63) is 60.2 Å². The standard InChI is InChI=1S/C25H23F2N5O4/c1-30-24(35-3)19-12-17(7-10-20(19)29-30)31-13-15-4-11-22(36-14-21(26)27)28-23(15)32(25(31)33)16-5-8-18(34-2)9-6-16/h4-12,21H,13-14H2,1-3H3/i2D3. The molecule has 1 aliphatic rings. The van der Waals surface area contributed by atoms with Crippen LogP contribution in [-0.4, -0.2) is 48.0 Å². The van der Waals surface area contributed by atoms with E-state index in [0.717, 1.165) is 0 Å². The van der Waals surface area contributed by atoms with Gasteiger partial charge in [0.15, 0.2) is 6.61 Å². The number of hydrogen-bond donors (Lipinski definition) is 0. The molecule has 0 atom stereocenters. The molecule has 2 aromatic carbocycles. The number of aryl methyl sites for hydroxylation is 1. The Morgan fingerprint density at radius 2 is 1.86 bits per heavy atom. The maximum Gasteiger partial charge on any atom is 0.335 e. The minimum absolute atomic E-state index is 0.0656. The molecule has 0 aliphatic carbocycles. The van der Waals surface area contributed by atoms with E-state index in [1.54, 1.807) is 36.0 Å². The highest BCUT2D eigenvalue weighted by Gasteiger charge is 2.34. The largest absolute Gasteiger partial charge is 0.497 e. The van der Waals surface area contributed by atoms with Crippen LogP contribution in [0.2, 0.25) is 0 Å². The number of amides is 2. The number of methoxy groups -OCH3 is 2. The van der Waals surface area contributed by atoms with Crippen LogP contribution in [0.3, 0.4) is 0 Å². The Bertz CT molecular complexity index is 1530. The first-order valence-electron chi connectivity index (χ1n) is 12.4. The van der Waals surface area contributed by atoms with Crippen molar-refractivity contribution in [1.29, 1.82) is 0 Å². The first-order chi connectivity index (χ1) is 18.5. The molecule has 2 amide bonds. The zero-order valence-electron chi connectivity index (χ0n) is 22.3. The topological polar surface area (TPSA) is 82.0 Å². The van der Waals surface area contributed by atoms with Crippen LogP contribution in [-0.2, 0) is 13.6 Å². The van der Waals surface area contributed by atoms with E-state index in [4.69, 9.17) is 18.3 Å². The summed E-state index contributed by atoms with van der Waals surface area (Å²) in [4.78, 5) is 21.1. The second kappa shape index (κ2) is 9.33. The lowest BCUT2D eigenvalue weighted by Gasteiger charge is -2.36. The maximum absolute atomic E-state index is 14.0. The average Bonchev–Trinajstić information content (AvgIpc) is 3.20. The fraction of sp³-hybridized carbons (Fsp3) is 0.240. The molecule has 0 N–H and O–H groups in total. The summed E-state index contributed by atoms with van der Waals surface area (Å²) in [6.45, 7) is -0.707. The molecule has 0 bridgehead atoms. The number of halogens is 2. The molecule has 0 unspecified atom stereocenters. The van der Waals surface area contributed by atoms with E-state index in [9.17, 15) is 13.6 Å². The van der Waals surface area contributed by atoms with Crippen molar-refractivity contribution in [3.63, 3.8) is 0 Å². The summed E-state index contributed by atoms with van der Waals surface area (Å²) in [5, 5.41) is 5.12. The van der Waals surface area contributed by atoms with Gasteiger partial charge in [0, 0.05) is 24.4 Å². The summed E-state index contributed by atoms with van der Waals surface area (Å²) in [6.07, 6.45) is -2.69. The van der Waals surface area contributed by atoms with E-state index >= 15 is 0 Å². The van der Waals surface area contributed by atoms with Gasteiger partial charge in [0.25, 0.3) is 6.43 Å². The predicted octanol–water partition coefficient (Wildman–Crippen LogP) is 4.91. The summed E-state index contributed by atoms with van der Waals surface area (Å²) in [5.74, 6) is 0.744. The van der Waals surface area contributed by atoms with Crippen LogP contribution >= 0.6 is 0 Å². The van der Waals surface area contributed by atoms with Crippen LogP contribution in [0.1, 0.15) is 9.68 Å². The Morgan fingerprint density at radius 1 is 1.08 bits per heavy atom. The van der Waals surface area contributed by atoms with Crippen molar-refractivity contribution < 1.29 is 31.9 Å². The third-order valence-corrected chi connectivity index (χ3v) is 5.73.